The van der Waals surface area contributed by atoms with E-state index in [1.165, 1.54) is 0 Å². The van der Waals surface area contributed by atoms with Gasteiger partial charge in [0, 0.05) is 10.4 Å². The smallest absolute Gasteiger partial charge is 0.230 e. The van der Waals surface area contributed by atoms with Crippen molar-refractivity contribution in [2.45, 2.75) is 6.92 Å². The van der Waals surface area contributed by atoms with Gasteiger partial charge in [-0.3, -0.25) is 4.79 Å². The third-order valence-corrected chi connectivity index (χ3v) is 3.37. The van der Waals surface area contributed by atoms with Crippen molar-refractivity contribution in [1.82, 2.24) is 4.98 Å². The number of hydrogen-bond donors (Lipinski definition) is 0. The van der Waals surface area contributed by atoms with Gasteiger partial charge in [0.15, 0.2) is 6.29 Å². The number of rotatable bonds is 3. The first-order valence-electron chi connectivity index (χ1n) is 6.46. The highest BCUT2D eigenvalue weighted by Crippen LogP contribution is 2.27. The molecule has 0 spiro atoms. The van der Waals surface area contributed by atoms with Gasteiger partial charge in [0.05, 0.1) is 11.1 Å². The molecule has 0 aliphatic rings. The van der Waals surface area contributed by atoms with E-state index in [4.69, 9.17) is 16.3 Å². The normalized spacial score (nSPS) is 10.6. The van der Waals surface area contributed by atoms with Gasteiger partial charge in [-0.25, -0.2) is 4.98 Å². The maximum absolute atomic E-state index is 11.3. The van der Waals surface area contributed by atoms with E-state index in [0.717, 1.165) is 22.8 Å². The lowest BCUT2D eigenvalue weighted by molar-refractivity contribution is 0.112. The number of carbonyl (C=O) groups is 1. The Bertz CT molecular complexity index is 813. The standard InChI is InChI=1S/C17H12ClNO2/c1-11-2-7-16-12(8-11)9-13(10-20)17(19-16)21-15-5-3-14(18)4-6-15/h2-10H,1H3. The Kier molecular flexibility index (Phi) is 3.59. The molecule has 0 aliphatic heterocycles. The summed E-state index contributed by atoms with van der Waals surface area (Å²) in [6.07, 6.45) is 0.750. The second-order valence-electron chi connectivity index (χ2n) is 4.75. The Morgan fingerprint density at radius 2 is 1.86 bits per heavy atom. The van der Waals surface area contributed by atoms with Crippen LogP contribution in [0.3, 0.4) is 0 Å². The van der Waals surface area contributed by atoms with Crippen LogP contribution in [0, 0.1) is 6.92 Å². The van der Waals surface area contributed by atoms with Crippen LogP contribution in [0.15, 0.2) is 48.5 Å². The largest absolute Gasteiger partial charge is 0.438 e. The summed E-state index contributed by atoms with van der Waals surface area (Å²) in [7, 11) is 0. The predicted octanol–water partition coefficient (Wildman–Crippen LogP) is 4.80. The van der Waals surface area contributed by atoms with E-state index in [1.54, 1.807) is 30.3 Å². The topological polar surface area (TPSA) is 39.2 Å². The van der Waals surface area contributed by atoms with Crippen LogP contribution in [0.5, 0.6) is 11.6 Å². The number of benzene rings is 2. The van der Waals surface area contributed by atoms with Crippen molar-refractivity contribution in [2.24, 2.45) is 0 Å². The van der Waals surface area contributed by atoms with E-state index >= 15 is 0 Å². The molecule has 0 saturated heterocycles. The molecule has 0 N–H and O–H groups in total. The number of ether oxygens (including phenoxy) is 1. The molecule has 21 heavy (non-hydrogen) atoms. The number of aromatic nitrogens is 1. The maximum atomic E-state index is 11.3. The van der Waals surface area contributed by atoms with Gasteiger partial charge >= 0.3 is 0 Å². The van der Waals surface area contributed by atoms with E-state index in [-0.39, 0.29) is 0 Å². The number of pyridine rings is 1. The minimum atomic E-state index is 0.295. The lowest BCUT2D eigenvalue weighted by atomic mass is 10.1. The number of carbonyl (C=O) groups excluding carboxylic acids is 1. The predicted molar refractivity (Wildman–Crippen MR) is 83.4 cm³/mol. The molecule has 4 heteroatoms. The number of aldehydes is 1. The van der Waals surface area contributed by atoms with Crippen LogP contribution in [0.25, 0.3) is 10.9 Å². The molecule has 0 radical (unpaired) electrons. The van der Waals surface area contributed by atoms with Gasteiger partial charge in [-0.2, -0.15) is 0 Å². The second kappa shape index (κ2) is 5.54. The van der Waals surface area contributed by atoms with Crippen LogP contribution in [0.1, 0.15) is 15.9 Å². The van der Waals surface area contributed by atoms with Crippen molar-refractivity contribution in [3.8, 4) is 11.6 Å². The van der Waals surface area contributed by atoms with Crippen LogP contribution in [0.2, 0.25) is 5.02 Å². The summed E-state index contributed by atoms with van der Waals surface area (Å²) in [4.78, 5) is 15.7. The zero-order valence-corrected chi connectivity index (χ0v) is 12.1. The molecule has 3 nitrogen and oxygen atoms in total. The van der Waals surface area contributed by atoms with Crippen molar-refractivity contribution in [3.63, 3.8) is 0 Å². The van der Waals surface area contributed by atoms with E-state index in [0.29, 0.717) is 22.2 Å². The van der Waals surface area contributed by atoms with Crippen LogP contribution in [0.4, 0.5) is 0 Å². The molecule has 104 valence electrons. The highest BCUT2D eigenvalue weighted by Gasteiger charge is 2.09. The second-order valence-corrected chi connectivity index (χ2v) is 5.19. The lowest BCUT2D eigenvalue weighted by Crippen LogP contribution is -1.95. The molecule has 3 aromatic rings. The maximum Gasteiger partial charge on any atom is 0.230 e. The third-order valence-electron chi connectivity index (χ3n) is 3.12. The molecule has 3 rings (SSSR count). The first kappa shape index (κ1) is 13.6. The van der Waals surface area contributed by atoms with Gasteiger partial charge in [0.1, 0.15) is 5.75 Å². The molecular formula is C17H12ClNO2. The number of fused-ring (bicyclic) bond motifs is 1. The summed E-state index contributed by atoms with van der Waals surface area (Å²) in [6.45, 7) is 2.00. The van der Waals surface area contributed by atoms with E-state index < -0.39 is 0 Å². The van der Waals surface area contributed by atoms with Crippen LogP contribution in [-0.2, 0) is 0 Å². The van der Waals surface area contributed by atoms with Gasteiger partial charge in [0.2, 0.25) is 5.88 Å². The minimum Gasteiger partial charge on any atom is -0.438 e. The van der Waals surface area contributed by atoms with Gasteiger partial charge < -0.3 is 4.74 Å². The molecule has 1 aromatic heterocycles. The summed E-state index contributed by atoms with van der Waals surface area (Å²) in [5.41, 5.74) is 2.32. The van der Waals surface area contributed by atoms with Crippen molar-refractivity contribution in [3.05, 3.63) is 64.7 Å². The number of aryl methyl sites for hydroxylation is 1. The molecule has 0 amide bonds. The number of hydrogen-bond acceptors (Lipinski definition) is 3. The van der Waals surface area contributed by atoms with Gasteiger partial charge in [0.25, 0.3) is 0 Å². The highest BCUT2D eigenvalue weighted by atomic mass is 35.5. The number of halogens is 1. The monoisotopic (exact) mass is 297 g/mol. The zero-order valence-electron chi connectivity index (χ0n) is 11.3. The molecule has 0 fully saturated rings. The zero-order chi connectivity index (χ0) is 14.8. The van der Waals surface area contributed by atoms with Crippen LogP contribution >= 0.6 is 11.6 Å². The molecule has 0 bridgehead atoms. The summed E-state index contributed by atoms with van der Waals surface area (Å²) >= 11 is 5.84. The molecule has 0 atom stereocenters. The Labute approximate surface area is 127 Å². The summed E-state index contributed by atoms with van der Waals surface area (Å²) in [5.74, 6) is 0.880. The van der Waals surface area contributed by atoms with Gasteiger partial charge in [-0.15, -0.1) is 0 Å². The van der Waals surface area contributed by atoms with Crippen LogP contribution in [-0.4, -0.2) is 11.3 Å². The van der Waals surface area contributed by atoms with E-state index in [9.17, 15) is 4.79 Å². The average Bonchev–Trinajstić information content (AvgIpc) is 2.49. The Morgan fingerprint density at radius 3 is 2.57 bits per heavy atom. The summed E-state index contributed by atoms with van der Waals surface area (Å²) < 4.78 is 5.69. The molecule has 2 aromatic carbocycles. The molecular weight excluding hydrogens is 286 g/mol. The Balaban J connectivity index is 2.06. The fourth-order valence-corrected chi connectivity index (χ4v) is 2.20. The lowest BCUT2D eigenvalue weighted by Gasteiger charge is -2.09. The minimum absolute atomic E-state index is 0.295. The quantitative estimate of drug-likeness (QED) is 0.652. The summed E-state index contributed by atoms with van der Waals surface area (Å²) in [6, 6.07) is 14.6. The SMILES string of the molecule is Cc1ccc2nc(Oc3ccc(Cl)cc3)c(C=O)cc2c1. The van der Waals surface area contributed by atoms with E-state index in [1.807, 2.05) is 25.1 Å². The van der Waals surface area contributed by atoms with Gasteiger partial charge in [-0.05, 0) is 49.4 Å². The van der Waals surface area contributed by atoms with Crippen molar-refractivity contribution >= 4 is 28.8 Å². The first-order valence-corrected chi connectivity index (χ1v) is 6.83. The first-order chi connectivity index (χ1) is 10.2. The fourth-order valence-electron chi connectivity index (χ4n) is 2.08. The molecule has 0 unspecified atom stereocenters. The Morgan fingerprint density at radius 1 is 1.10 bits per heavy atom. The summed E-state index contributed by atoms with van der Waals surface area (Å²) in [5, 5.41) is 1.54. The molecule has 0 saturated carbocycles. The van der Waals surface area contributed by atoms with Crippen molar-refractivity contribution < 1.29 is 9.53 Å². The number of nitrogens with zero attached hydrogens (tertiary/aromatic N) is 1. The molecule has 1 heterocycles. The molecule has 0 aliphatic carbocycles. The van der Waals surface area contributed by atoms with Crippen LogP contribution < -0.4 is 4.74 Å². The Hall–Kier alpha value is -2.39. The third kappa shape index (κ3) is 2.88. The van der Waals surface area contributed by atoms with Crippen molar-refractivity contribution in [2.75, 3.05) is 0 Å². The highest BCUT2D eigenvalue weighted by molar-refractivity contribution is 6.30. The van der Waals surface area contributed by atoms with Crippen molar-refractivity contribution in [1.29, 1.82) is 0 Å². The average molecular weight is 298 g/mol. The van der Waals surface area contributed by atoms with Gasteiger partial charge in [-0.1, -0.05) is 23.2 Å². The van der Waals surface area contributed by atoms with E-state index in [2.05, 4.69) is 4.98 Å². The fraction of sp³-hybridized carbons (Fsp3) is 0.0588.